The van der Waals surface area contributed by atoms with E-state index in [-0.39, 0.29) is 29.9 Å². The first kappa shape index (κ1) is 26.2. The summed E-state index contributed by atoms with van der Waals surface area (Å²) in [5.41, 5.74) is 1.46. The van der Waals surface area contributed by atoms with Crippen molar-refractivity contribution in [3.63, 3.8) is 0 Å². The number of carbonyl (C=O) groups excluding carboxylic acids is 1. The molecule has 10 heteroatoms. The van der Waals surface area contributed by atoms with Crippen LogP contribution in [0.2, 0.25) is 5.02 Å². The molecule has 0 aliphatic carbocycles. The van der Waals surface area contributed by atoms with Crippen LogP contribution in [0, 0.1) is 0 Å². The first-order chi connectivity index (χ1) is 13.8. The quantitative estimate of drug-likeness (QED) is 0.198. The molecule has 0 atom stereocenters. The standard InChI is InChI=1S/C20H25ClN4O3S.HI/c1-22-20(24-12-11-15-7-9-16(10-8-15)29(2,27)28)25-14-13-23-19(26)17-5-3-4-6-18(17)21;/h3-10H,11-14H2,1-2H3,(H,23,26)(H2,22,24,25);1H. The lowest BCUT2D eigenvalue weighted by atomic mass is 10.1. The molecule has 0 fully saturated rings. The number of hydrogen-bond donors (Lipinski definition) is 3. The molecule has 2 aromatic carbocycles. The Balaban J connectivity index is 0.00000450. The number of benzene rings is 2. The van der Waals surface area contributed by atoms with E-state index in [2.05, 4.69) is 20.9 Å². The summed E-state index contributed by atoms with van der Waals surface area (Å²) in [5.74, 6) is 0.391. The molecule has 0 saturated heterocycles. The summed E-state index contributed by atoms with van der Waals surface area (Å²) in [6.07, 6.45) is 1.91. The van der Waals surface area contributed by atoms with E-state index < -0.39 is 9.84 Å². The van der Waals surface area contributed by atoms with Gasteiger partial charge in [0, 0.05) is 32.9 Å². The minimum absolute atomic E-state index is 0. The topological polar surface area (TPSA) is 99.7 Å². The number of nitrogens with one attached hydrogen (secondary N) is 3. The van der Waals surface area contributed by atoms with Crippen LogP contribution >= 0.6 is 35.6 Å². The van der Waals surface area contributed by atoms with Gasteiger partial charge in [0.1, 0.15) is 0 Å². The highest BCUT2D eigenvalue weighted by molar-refractivity contribution is 14.0. The number of sulfone groups is 1. The van der Waals surface area contributed by atoms with Crippen molar-refractivity contribution < 1.29 is 13.2 Å². The van der Waals surface area contributed by atoms with Crippen LogP contribution in [0.3, 0.4) is 0 Å². The summed E-state index contributed by atoms with van der Waals surface area (Å²) in [6, 6.07) is 13.7. The van der Waals surface area contributed by atoms with Gasteiger partial charge in [-0.15, -0.1) is 24.0 Å². The number of nitrogens with zero attached hydrogens (tertiary/aromatic N) is 1. The Kier molecular flexibility index (Phi) is 11.1. The highest BCUT2D eigenvalue weighted by Crippen LogP contribution is 2.14. The third-order valence-corrected chi connectivity index (χ3v) is 5.56. The second-order valence-electron chi connectivity index (χ2n) is 6.33. The number of hydrogen-bond acceptors (Lipinski definition) is 4. The third kappa shape index (κ3) is 8.49. The summed E-state index contributed by atoms with van der Waals surface area (Å²) in [5, 5.41) is 9.51. The maximum absolute atomic E-state index is 12.1. The summed E-state index contributed by atoms with van der Waals surface area (Å²) in [4.78, 5) is 16.5. The summed E-state index contributed by atoms with van der Waals surface area (Å²) in [6.45, 7) is 1.54. The van der Waals surface area contributed by atoms with Crippen molar-refractivity contribution in [2.24, 2.45) is 4.99 Å². The van der Waals surface area contributed by atoms with Crippen LogP contribution < -0.4 is 16.0 Å². The van der Waals surface area contributed by atoms with Crippen molar-refractivity contribution in [3.05, 3.63) is 64.7 Å². The Morgan fingerprint density at radius 3 is 2.17 bits per heavy atom. The highest BCUT2D eigenvalue weighted by atomic mass is 127. The van der Waals surface area contributed by atoms with E-state index in [0.29, 0.717) is 47.5 Å². The molecule has 30 heavy (non-hydrogen) atoms. The van der Waals surface area contributed by atoms with Crippen LogP contribution in [-0.2, 0) is 16.3 Å². The van der Waals surface area contributed by atoms with Crippen molar-refractivity contribution >= 4 is 57.3 Å². The lowest BCUT2D eigenvalue weighted by Crippen LogP contribution is -2.42. The van der Waals surface area contributed by atoms with Crippen LogP contribution in [0.15, 0.2) is 58.4 Å². The van der Waals surface area contributed by atoms with Gasteiger partial charge in [0.2, 0.25) is 0 Å². The number of carbonyl (C=O) groups is 1. The van der Waals surface area contributed by atoms with Crippen LogP contribution in [0.5, 0.6) is 0 Å². The third-order valence-electron chi connectivity index (χ3n) is 4.10. The molecule has 0 radical (unpaired) electrons. The van der Waals surface area contributed by atoms with Gasteiger partial charge >= 0.3 is 0 Å². The Morgan fingerprint density at radius 1 is 0.967 bits per heavy atom. The van der Waals surface area contributed by atoms with Crippen LogP contribution in [0.4, 0.5) is 0 Å². The second kappa shape index (κ2) is 12.8. The lowest BCUT2D eigenvalue weighted by Gasteiger charge is -2.13. The zero-order valence-electron chi connectivity index (χ0n) is 16.8. The van der Waals surface area contributed by atoms with Gasteiger partial charge in [0.05, 0.1) is 15.5 Å². The molecule has 3 N–H and O–H groups in total. The molecule has 0 bridgehead atoms. The van der Waals surface area contributed by atoms with Gasteiger partial charge < -0.3 is 16.0 Å². The zero-order valence-corrected chi connectivity index (χ0v) is 20.7. The Labute approximate surface area is 199 Å². The Bertz CT molecular complexity index is 966. The highest BCUT2D eigenvalue weighted by Gasteiger charge is 2.09. The Hall–Kier alpha value is -1.85. The summed E-state index contributed by atoms with van der Waals surface area (Å²) < 4.78 is 23.0. The number of halogens is 2. The van der Waals surface area contributed by atoms with Gasteiger partial charge in [-0.2, -0.15) is 0 Å². The van der Waals surface area contributed by atoms with E-state index in [9.17, 15) is 13.2 Å². The largest absolute Gasteiger partial charge is 0.356 e. The maximum atomic E-state index is 12.1. The average molecular weight is 565 g/mol. The fourth-order valence-electron chi connectivity index (χ4n) is 2.55. The van der Waals surface area contributed by atoms with Gasteiger partial charge in [0.25, 0.3) is 5.91 Å². The molecule has 1 amide bonds. The van der Waals surface area contributed by atoms with Gasteiger partial charge in [0.15, 0.2) is 15.8 Å². The van der Waals surface area contributed by atoms with Crippen LogP contribution in [0.25, 0.3) is 0 Å². The first-order valence-electron chi connectivity index (χ1n) is 9.07. The fourth-order valence-corrected chi connectivity index (χ4v) is 3.40. The average Bonchev–Trinajstić information content (AvgIpc) is 2.69. The minimum atomic E-state index is -3.18. The number of aliphatic imine (C=N–C) groups is 1. The molecule has 0 aromatic heterocycles. The SMILES string of the molecule is CN=C(NCCNC(=O)c1ccccc1Cl)NCCc1ccc(S(C)(=O)=O)cc1.I. The molecule has 0 aliphatic rings. The molecule has 0 saturated carbocycles. The van der Waals surface area contributed by atoms with E-state index in [1.54, 1.807) is 55.6 Å². The van der Waals surface area contributed by atoms with Crippen molar-refractivity contribution in [1.29, 1.82) is 0 Å². The van der Waals surface area contributed by atoms with E-state index in [1.807, 2.05) is 0 Å². The first-order valence-corrected chi connectivity index (χ1v) is 11.3. The van der Waals surface area contributed by atoms with Gasteiger partial charge in [-0.3, -0.25) is 9.79 Å². The van der Waals surface area contributed by atoms with Gasteiger partial charge in [-0.25, -0.2) is 8.42 Å². The van der Waals surface area contributed by atoms with Crippen LogP contribution in [-0.4, -0.2) is 53.2 Å². The van der Waals surface area contributed by atoms with Crippen molar-refractivity contribution in [3.8, 4) is 0 Å². The van der Waals surface area contributed by atoms with E-state index in [0.717, 1.165) is 5.56 Å². The van der Waals surface area contributed by atoms with E-state index in [4.69, 9.17) is 11.6 Å². The molecule has 0 unspecified atom stereocenters. The maximum Gasteiger partial charge on any atom is 0.252 e. The molecule has 164 valence electrons. The van der Waals surface area contributed by atoms with Crippen molar-refractivity contribution in [2.75, 3.05) is 32.9 Å². The van der Waals surface area contributed by atoms with Crippen molar-refractivity contribution in [1.82, 2.24) is 16.0 Å². The lowest BCUT2D eigenvalue weighted by molar-refractivity contribution is 0.0954. The molecule has 0 aliphatic heterocycles. The van der Waals surface area contributed by atoms with Crippen molar-refractivity contribution in [2.45, 2.75) is 11.3 Å². The predicted octanol–water partition coefficient (Wildman–Crippen LogP) is 2.50. The number of rotatable bonds is 8. The smallest absolute Gasteiger partial charge is 0.252 e. The number of amides is 1. The molecule has 0 heterocycles. The predicted molar refractivity (Wildman–Crippen MR) is 132 cm³/mol. The molecular weight excluding hydrogens is 539 g/mol. The normalized spacial score (nSPS) is 11.4. The fraction of sp³-hybridized carbons (Fsp3) is 0.300. The van der Waals surface area contributed by atoms with E-state index in [1.165, 1.54) is 6.26 Å². The van der Waals surface area contributed by atoms with Gasteiger partial charge in [-0.05, 0) is 36.2 Å². The number of guanidine groups is 1. The summed E-state index contributed by atoms with van der Waals surface area (Å²) >= 11 is 6.01. The second-order valence-corrected chi connectivity index (χ2v) is 8.75. The summed E-state index contributed by atoms with van der Waals surface area (Å²) in [7, 11) is -1.51. The molecular formula is C20H26ClIN4O3S. The van der Waals surface area contributed by atoms with Gasteiger partial charge in [-0.1, -0.05) is 35.9 Å². The minimum Gasteiger partial charge on any atom is -0.356 e. The Morgan fingerprint density at radius 2 is 1.57 bits per heavy atom. The van der Waals surface area contributed by atoms with Crippen LogP contribution in [0.1, 0.15) is 15.9 Å². The zero-order chi connectivity index (χ0) is 21.3. The molecule has 0 spiro atoms. The molecule has 2 aromatic rings. The molecule has 2 rings (SSSR count). The molecule has 7 nitrogen and oxygen atoms in total. The monoisotopic (exact) mass is 564 g/mol. The van der Waals surface area contributed by atoms with E-state index >= 15 is 0 Å².